The van der Waals surface area contributed by atoms with Gasteiger partial charge in [0.05, 0.1) is 17.5 Å². The summed E-state index contributed by atoms with van der Waals surface area (Å²) in [5, 5.41) is 0.609. The second-order valence-corrected chi connectivity index (χ2v) is 7.08. The van der Waals surface area contributed by atoms with E-state index >= 15 is 0 Å². The molecule has 4 heteroatoms. The number of allylic oxidation sites excluding steroid dienone is 2. The highest BCUT2D eigenvalue weighted by molar-refractivity contribution is 6.30. The van der Waals surface area contributed by atoms with E-state index in [4.69, 9.17) is 11.6 Å². The van der Waals surface area contributed by atoms with E-state index in [9.17, 15) is 9.59 Å². The van der Waals surface area contributed by atoms with Crippen molar-refractivity contribution in [2.45, 2.75) is 6.42 Å². The predicted molar refractivity (Wildman–Crippen MR) is 78.6 cm³/mol. The number of nitrogens with zero attached hydrogens (tertiary/aromatic N) is 1. The van der Waals surface area contributed by atoms with Crippen molar-refractivity contribution in [2.75, 3.05) is 4.90 Å². The summed E-state index contributed by atoms with van der Waals surface area (Å²) in [6, 6.07) is 6.96. The maximum absolute atomic E-state index is 12.8. The van der Waals surface area contributed by atoms with Gasteiger partial charge in [-0.15, -0.1) is 0 Å². The number of hydrogen-bond acceptors (Lipinski definition) is 2. The summed E-state index contributed by atoms with van der Waals surface area (Å²) in [6.45, 7) is 0. The van der Waals surface area contributed by atoms with Crippen LogP contribution >= 0.6 is 11.6 Å². The Morgan fingerprint density at radius 1 is 0.905 bits per heavy atom. The summed E-state index contributed by atoms with van der Waals surface area (Å²) >= 11 is 5.90. The molecule has 0 N–H and O–H groups in total. The van der Waals surface area contributed by atoms with Crippen LogP contribution in [0, 0.1) is 35.5 Å². The molecule has 3 nitrogen and oxygen atoms in total. The third-order valence-electron chi connectivity index (χ3n) is 5.75. The number of halogens is 1. The van der Waals surface area contributed by atoms with E-state index in [1.807, 2.05) is 0 Å². The van der Waals surface area contributed by atoms with Gasteiger partial charge in [-0.2, -0.15) is 0 Å². The zero-order valence-corrected chi connectivity index (χ0v) is 12.0. The molecule has 106 valence electrons. The van der Waals surface area contributed by atoms with E-state index in [0.717, 1.165) is 0 Å². The standard InChI is InChI=1S/C17H14ClNO2/c18-8-1-3-9(4-2-8)19-16(20)14-10-5-6-11(13-7-12(10)13)15(14)17(19)21/h1-6,10-15H,7H2/t10-,11+,12-,13+,14-,15+. The Hall–Kier alpha value is -1.61. The van der Waals surface area contributed by atoms with Crippen LogP contribution in [0.5, 0.6) is 0 Å². The first-order valence-electron chi connectivity index (χ1n) is 7.48. The lowest BCUT2D eigenvalue weighted by atomic mass is 9.63. The fraction of sp³-hybridized carbons (Fsp3) is 0.412. The number of carbonyl (C=O) groups is 2. The highest BCUT2D eigenvalue weighted by atomic mass is 35.5. The SMILES string of the molecule is O=C1[C@@H]2[C@@H]3C=C[C@@H]([C@@H]4C[C@H]34)[C@@H]2C(=O)N1c1ccc(Cl)cc1. The molecule has 0 spiro atoms. The number of imide groups is 1. The van der Waals surface area contributed by atoms with E-state index in [2.05, 4.69) is 12.2 Å². The van der Waals surface area contributed by atoms with Crippen molar-refractivity contribution < 1.29 is 9.59 Å². The van der Waals surface area contributed by atoms with Crippen molar-refractivity contribution in [1.82, 2.24) is 0 Å². The molecule has 3 fully saturated rings. The Balaban J connectivity index is 1.58. The number of hydrogen-bond donors (Lipinski definition) is 0. The smallest absolute Gasteiger partial charge is 0.238 e. The molecule has 2 saturated carbocycles. The predicted octanol–water partition coefficient (Wildman–Crippen LogP) is 2.90. The number of carbonyl (C=O) groups excluding carboxylic acids is 2. The Morgan fingerprint density at radius 3 is 1.95 bits per heavy atom. The number of amides is 2. The van der Waals surface area contributed by atoms with Crippen LogP contribution in [-0.4, -0.2) is 11.8 Å². The topological polar surface area (TPSA) is 37.4 Å². The molecule has 0 radical (unpaired) electrons. The maximum atomic E-state index is 12.8. The normalized spacial score (nSPS) is 42.2. The summed E-state index contributed by atoms with van der Waals surface area (Å²) < 4.78 is 0. The maximum Gasteiger partial charge on any atom is 0.238 e. The van der Waals surface area contributed by atoms with Gasteiger partial charge >= 0.3 is 0 Å². The lowest BCUT2D eigenvalue weighted by Gasteiger charge is -2.37. The zero-order valence-electron chi connectivity index (χ0n) is 11.3. The summed E-state index contributed by atoms with van der Waals surface area (Å²) in [5.41, 5.74) is 0.650. The van der Waals surface area contributed by atoms with Gasteiger partial charge in [-0.25, -0.2) is 0 Å². The summed E-state index contributed by atoms with van der Waals surface area (Å²) in [4.78, 5) is 27.0. The quantitative estimate of drug-likeness (QED) is 0.591. The van der Waals surface area contributed by atoms with Gasteiger partial charge in [0.1, 0.15) is 0 Å². The Kier molecular flexibility index (Phi) is 2.15. The van der Waals surface area contributed by atoms with Crippen molar-refractivity contribution in [1.29, 1.82) is 0 Å². The average molecular weight is 300 g/mol. The van der Waals surface area contributed by atoms with Crippen LogP contribution in [0.15, 0.2) is 36.4 Å². The van der Waals surface area contributed by atoms with Gasteiger partial charge in [0.2, 0.25) is 11.8 Å². The molecule has 1 aliphatic heterocycles. The Morgan fingerprint density at radius 2 is 1.43 bits per heavy atom. The van der Waals surface area contributed by atoms with E-state index in [-0.39, 0.29) is 35.5 Å². The minimum Gasteiger partial charge on any atom is -0.274 e. The fourth-order valence-corrected chi connectivity index (χ4v) is 4.93. The van der Waals surface area contributed by atoms with Crippen LogP contribution in [0.2, 0.25) is 5.02 Å². The van der Waals surface area contributed by atoms with Gasteiger partial charge in [-0.05, 0) is 54.4 Å². The van der Waals surface area contributed by atoms with Crippen LogP contribution in [0.4, 0.5) is 5.69 Å². The first-order valence-corrected chi connectivity index (χ1v) is 7.86. The molecule has 1 aromatic carbocycles. The van der Waals surface area contributed by atoms with Gasteiger partial charge in [0.15, 0.2) is 0 Å². The molecule has 5 aliphatic rings. The van der Waals surface area contributed by atoms with Crippen molar-refractivity contribution in [2.24, 2.45) is 35.5 Å². The van der Waals surface area contributed by atoms with Crippen LogP contribution in [0.3, 0.4) is 0 Å². The second-order valence-electron chi connectivity index (χ2n) is 6.64. The fourth-order valence-electron chi connectivity index (χ4n) is 4.80. The summed E-state index contributed by atoms with van der Waals surface area (Å²) in [6.07, 6.45) is 5.57. The van der Waals surface area contributed by atoms with Crippen LogP contribution < -0.4 is 4.90 Å². The summed E-state index contributed by atoms with van der Waals surface area (Å²) in [5.74, 6) is 1.54. The molecular weight excluding hydrogens is 286 g/mol. The molecule has 1 heterocycles. The largest absolute Gasteiger partial charge is 0.274 e. The highest BCUT2D eigenvalue weighted by Crippen LogP contribution is 2.65. The zero-order chi connectivity index (χ0) is 14.3. The molecule has 6 atom stereocenters. The number of anilines is 1. The first-order chi connectivity index (χ1) is 10.2. The minimum atomic E-state index is -0.132. The van der Waals surface area contributed by atoms with Crippen LogP contribution in [-0.2, 0) is 9.59 Å². The molecule has 0 unspecified atom stereocenters. The third-order valence-corrected chi connectivity index (χ3v) is 6.00. The van der Waals surface area contributed by atoms with Gasteiger partial charge in [-0.3, -0.25) is 14.5 Å². The van der Waals surface area contributed by atoms with E-state index in [1.165, 1.54) is 11.3 Å². The third kappa shape index (κ3) is 1.40. The van der Waals surface area contributed by atoms with Crippen LogP contribution in [0.1, 0.15) is 6.42 Å². The van der Waals surface area contributed by atoms with Gasteiger partial charge in [0, 0.05) is 5.02 Å². The van der Waals surface area contributed by atoms with Crippen molar-refractivity contribution in [3.63, 3.8) is 0 Å². The lowest BCUT2D eigenvalue weighted by Crippen LogP contribution is -2.40. The molecule has 4 aliphatic carbocycles. The molecule has 2 amide bonds. The van der Waals surface area contributed by atoms with E-state index in [0.29, 0.717) is 22.5 Å². The monoisotopic (exact) mass is 299 g/mol. The minimum absolute atomic E-state index is 0.0166. The van der Waals surface area contributed by atoms with Crippen molar-refractivity contribution in [3.05, 3.63) is 41.4 Å². The van der Waals surface area contributed by atoms with E-state index < -0.39 is 0 Å². The molecule has 0 aromatic heterocycles. The molecule has 21 heavy (non-hydrogen) atoms. The molecular formula is C17H14ClNO2. The van der Waals surface area contributed by atoms with E-state index in [1.54, 1.807) is 24.3 Å². The molecule has 1 saturated heterocycles. The van der Waals surface area contributed by atoms with Gasteiger partial charge in [-0.1, -0.05) is 23.8 Å². The first kappa shape index (κ1) is 12.0. The second kappa shape index (κ2) is 3.77. The summed E-state index contributed by atoms with van der Waals surface area (Å²) in [7, 11) is 0. The molecule has 1 aromatic rings. The number of benzene rings is 1. The number of rotatable bonds is 1. The van der Waals surface area contributed by atoms with Crippen LogP contribution in [0.25, 0.3) is 0 Å². The van der Waals surface area contributed by atoms with Gasteiger partial charge < -0.3 is 0 Å². The van der Waals surface area contributed by atoms with Crippen molar-refractivity contribution >= 4 is 29.1 Å². The Labute approximate surface area is 127 Å². The van der Waals surface area contributed by atoms with Crippen molar-refractivity contribution in [3.8, 4) is 0 Å². The highest BCUT2D eigenvalue weighted by Gasteiger charge is 2.67. The lowest BCUT2D eigenvalue weighted by molar-refractivity contribution is -0.124. The Bertz CT molecular complexity index is 659. The molecule has 6 rings (SSSR count). The van der Waals surface area contributed by atoms with Gasteiger partial charge in [0.25, 0.3) is 0 Å². The molecule has 2 bridgehead atoms. The average Bonchev–Trinajstić information content (AvgIpc) is 3.26.